The lowest BCUT2D eigenvalue weighted by Crippen LogP contribution is -2.34. The van der Waals surface area contributed by atoms with E-state index < -0.39 is 10.0 Å². The van der Waals surface area contributed by atoms with Crippen molar-refractivity contribution in [2.45, 2.75) is 18.8 Å². The summed E-state index contributed by atoms with van der Waals surface area (Å²) in [6.45, 7) is 0.349. The minimum absolute atomic E-state index is 0.103. The molecule has 4 rings (SSSR count). The molecule has 1 heterocycles. The van der Waals surface area contributed by atoms with Crippen molar-refractivity contribution in [2.75, 3.05) is 12.3 Å². The molecule has 0 bridgehead atoms. The molecular formula is C17H17NO3S. The lowest BCUT2D eigenvalue weighted by molar-refractivity contribution is -0.127. The first-order valence-corrected chi connectivity index (χ1v) is 9.20. The van der Waals surface area contributed by atoms with Gasteiger partial charge >= 0.3 is 0 Å². The molecular weight excluding hydrogens is 298 g/mol. The zero-order chi connectivity index (χ0) is 15.3. The van der Waals surface area contributed by atoms with Gasteiger partial charge in [-0.2, -0.15) is 0 Å². The van der Waals surface area contributed by atoms with Crippen molar-refractivity contribution in [1.29, 1.82) is 0 Å². The molecule has 2 unspecified atom stereocenters. The standard InChI is InChI=1S/C17H17NO3S/c19-17(18-8-3-9-22(18,20)21)16-11-15(16)14-7-6-12-4-1-2-5-13(12)10-14/h1-2,4-7,10,15-16H,3,8-9,11H2. The fraction of sp³-hybridized carbons (Fsp3) is 0.353. The summed E-state index contributed by atoms with van der Waals surface area (Å²) >= 11 is 0. The number of fused-ring (bicyclic) bond motifs is 1. The van der Waals surface area contributed by atoms with Gasteiger partial charge in [0.15, 0.2) is 0 Å². The highest BCUT2D eigenvalue weighted by Crippen LogP contribution is 2.49. The minimum Gasteiger partial charge on any atom is -0.273 e. The van der Waals surface area contributed by atoms with Crippen molar-refractivity contribution >= 4 is 26.7 Å². The van der Waals surface area contributed by atoms with Gasteiger partial charge in [0.2, 0.25) is 15.9 Å². The number of rotatable bonds is 2. The van der Waals surface area contributed by atoms with E-state index in [1.165, 1.54) is 5.39 Å². The molecule has 1 amide bonds. The third kappa shape index (κ3) is 2.20. The van der Waals surface area contributed by atoms with Crippen molar-refractivity contribution in [1.82, 2.24) is 4.31 Å². The summed E-state index contributed by atoms with van der Waals surface area (Å²) < 4.78 is 24.8. The van der Waals surface area contributed by atoms with E-state index in [2.05, 4.69) is 30.3 Å². The molecule has 1 saturated heterocycles. The molecule has 2 fully saturated rings. The number of benzene rings is 2. The van der Waals surface area contributed by atoms with Crippen LogP contribution in [0.15, 0.2) is 42.5 Å². The Balaban J connectivity index is 1.57. The van der Waals surface area contributed by atoms with Gasteiger partial charge in [-0.1, -0.05) is 42.5 Å². The van der Waals surface area contributed by atoms with E-state index in [-0.39, 0.29) is 23.5 Å². The van der Waals surface area contributed by atoms with Crippen LogP contribution in [-0.2, 0) is 14.8 Å². The van der Waals surface area contributed by atoms with Crippen molar-refractivity contribution in [2.24, 2.45) is 5.92 Å². The normalized spacial score (nSPS) is 26.3. The molecule has 0 N–H and O–H groups in total. The zero-order valence-corrected chi connectivity index (χ0v) is 12.9. The Labute approximate surface area is 129 Å². The van der Waals surface area contributed by atoms with Gasteiger partial charge in [-0.15, -0.1) is 0 Å². The van der Waals surface area contributed by atoms with Crippen LogP contribution in [0.1, 0.15) is 24.3 Å². The lowest BCUT2D eigenvalue weighted by Gasteiger charge is -2.14. The van der Waals surface area contributed by atoms with Crippen molar-refractivity contribution in [3.63, 3.8) is 0 Å². The molecule has 4 nitrogen and oxygen atoms in total. The summed E-state index contributed by atoms with van der Waals surface area (Å²) in [7, 11) is -3.35. The lowest BCUT2D eigenvalue weighted by atomic mass is 10.0. The van der Waals surface area contributed by atoms with Crippen LogP contribution in [0.2, 0.25) is 0 Å². The summed E-state index contributed by atoms with van der Waals surface area (Å²) in [5.41, 5.74) is 1.13. The molecule has 114 valence electrons. The van der Waals surface area contributed by atoms with Crippen LogP contribution in [0.5, 0.6) is 0 Å². The number of amides is 1. The first-order valence-electron chi connectivity index (χ1n) is 7.59. The second kappa shape index (κ2) is 4.81. The van der Waals surface area contributed by atoms with Gasteiger partial charge in [0.25, 0.3) is 0 Å². The minimum atomic E-state index is -3.35. The third-order valence-electron chi connectivity index (χ3n) is 4.65. The van der Waals surface area contributed by atoms with Crippen LogP contribution in [-0.4, -0.2) is 30.9 Å². The van der Waals surface area contributed by atoms with Gasteiger partial charge in [-0.05, 0) is 35.1 Å². The van der Waals surface area contributed by atoms with E-state index in [0.717, 1.165) is 21.7 Å². The number of carbonyl (C=O) groups is 1. The predicted molar refractivity (Wildman–Crippen MR) is 84.9 cm³/mol. The van der Waals surface area contributed by atoms with Gasteiger partial charge < -0.3 is 0 Å². The molecule has 0 radical (unpaired) electrons. The number of hydrogen-bond acceptors (Lipinski definition) is 3. The smallest absolute Gasteiger partial charge is 0.239 e. The molecule has 2 atom stereocenters. The summed E-state index contributed by atoms with van der Waals surface area (Å²) in [5, 5.41) is 2.34. The van der Waals surface area contributed by atoms with E-state index in [9.17, 15) is 13.2 Å². The van der Waals surface area contributed by atoms with Gasteiger partial charge in [0.1, 0.15) is 0 Å². The summed E-state index contributed by atoms with van der Waals surface area (Å²) in [6.07, 6.45) is 1.31. The SMILES string of the molecule is O=C(C1CC1c1ccc2ccccc2c1)N1CCCS1(=O)=O. The number of nitrogens with zero attached hydrogens (tertiary/aromatic N) is 1. The second-order valence-electron chi connectivity index (χ2n) is 6.14. The van der Waals surface area contributed by atoms with Crippen LogP contribution in [0.25, 0.3) is 10.8 Å². The van der Waals surface area contributed by atoms with Crippen LogP contribution in [0, 0.1) is 5.92 Å². The van der Waals surface area contributed by atoms with Gasteiger partial charge in [-0.25, -0.2) is 12.7 Å². The second-order valence-corrected chi connectivity index (χ2v) is 8.15. The van der Waals surface area contributed by atoms with Gasteiger partial charge in [0, 0.05) is 12.5 Å². The summed E-state index contributed by atoms with van der Waals surface area (Å²) in [6, 6.07) is 14.4. The Morgan fingerprint density at radius 3 is 2.59 bits per heavy atom. The fourth-order valence-electron chi connectivity index (χ4n) is 3.35. The maximum absolute atomic E-state index is 12.4. The average Bonchev–Trinajstić information content (AvgIpc) is 3.23. The maximum atomic E-state index is 12.4. The predicted octanol–water partition coefficient (Wildman–Crippen LogP) is 2.51. The molecule has 2 aromatic carbocycles. The van der Waals surface area contributed by atoms with Crippen molar-refractivity contribution < 1.29 is 13.2 Å². The first kappa shape index (κ1) is 13.8. The van der Waals surface area contributed by atoms with Crippen molar-refractivity contribution in [3.8, 4) is 0 Å². The molecule has 2 aliphatic rings. The zero-order valence-electron chi connectivity index (χ0n) is 12.1. The number of hydrogen-bond donors (Lipinski definition) is 0. The molecule has 0 aromatic heterocycles. The summed E-state index contributed by atoms with van der Waals surface area (Å²) in [4.78, 5) is 12.4. The number of carbonyl (C=O) groups excluding carboxylic acids is 1. The average molecular weight is 315 g/mol. The van der Waals surface area contributed by atoms with Crippen molar-refractivity contribution in [3.05, 3.63) is 48.0 Å². The van der Waals surface area contributed by atoms with Crippen LogP contribution in [0.4, 0.5) is 0 Å². The largest absolute Gasteiger partial charge is 0.273 e. The van der Waals surface area contributed by atoms with Crippen LogP contribution in [0.3, 0.4) is 0 Å². The highest BCUT2D eigenvalue weighted by molar-refractivity contribution is 7.89. The van der Waals surface area contributed by atoms with E-state index in [0.29, 0.717) is 13.0 Å². The van der Waals surface area contributed by atoms with E-state index in [4.69, 9.17) is 0 Å². The van der Waals surface area contributed by atoms with E-state index in [1.54, 1.807) is 0 Å². The number of sulfonamides is 1. The molecule has 0 spiro atoms. The highest BCUT2D eigenvalue weighted by Gasteiger charge is 2.49. The Morgan fingerprint density at radius 2 is 1.86 bits per heavy atom. The molecule has 1 aliphatic heterocycles. The third-order valence-corrected chi connectivity index (χ3v) is 6.49. The monoisotopic (exact) mass is 315 g/mol. The van der Waals surface area contributed by atoms with Crippen LogP contribution >= 0.6 is 0 Å². The highest BCUT2D eigenvalue weighted by atomic mass is 32.2. The topological polar surface area (TPSA) is 54.5 Å². The molecule has 2 aromatic rings. The Kier molecular flexibility index (Phi) is 3.01. The Bertz CT molecular complexity index is 859. The fourth-order valence-corrected chi connectivity index (χ4v) is 4.88. The Morgan fingerprint density at radius 1 is 1.09 bits per heavy atom. The quantitative estimate of drug-likeness (QED) is 0.855. The molecule has 22 heavy (non-hydrogen) atoms. The van der Waals surface area contributed by atoms with Gasteiger partial charge in [-0.3, -0.25) is 4.79 Å². The molecule has 5 heteroatoms. The summed E-state index contributed by atoms with van der Waals surface area (Å²) in [5.74, 6) is -0.121. The molecule has 1 aliphatic carbocycles. The van der Waals surface area contributed by atoms with Crippen LogP contribution < -0.4 is 0 Å². The van der Waals surface area contributed by atoms with E-state index in [1.807, 2.05) is 12.1 Å². The van der Waals surface area contributed by atoms with Gasteiger partial charge in [0.05, 0.1) is 5.75 Å². The Hall–Kier alpha value is -1.88. The molecule has 1 saturated carbocycles. The first-order chi connectivity index (χ1) is 10.6. The van der Waals surface area contributed by atoms with E-state index >= 15 is 0 Å². The maximum Gasteiger partial charge on any atom is 0.239 e.